The van der Waals surface area contributed by atoms with Gasteiger partial charge in [0, 0.05) is 42.0 Å². The van der Waals surface area contributed by atoms with Gasteiger partial charge in [0.15, 0.2) is 0 Å². The van der Waals surface area contributed by atoms with Crippen LogP contribution in [0.1, 0.15) is 65.0 Å². The summed E-state index contributed by atoms with van der Waals surface area (Å²) in [6.45, 7) is 4.08. The molecule has 0 bridgehead atoms. The molecule has 0 saturated carbocycles. The third-order valence-electron chi connectivity index (χ3n) is 7.28. The van der Waals surface area contributed by atoms with E-state index in [1.54, 1.807) is 47.4 Å². The number of benzene rings is 3. The summed E-state index contributed by atoms with van der Waals surface area (Å²) in [5, 5.41) is 3.89. The van der Waals surface area contributed by atoms with Crippen LogP contribution in [-0.2, 0) is 22.6 Å². The lowest BCUT2D eigenvalue weighted by Gasteiger charge is -2.33. The van der Waals surface area contributed by atoms with Crippen LogP contribution in [0.15, 0.2) is 72.8 Å². The lowest BCUT2D eigenvalue weighted by atomic mass is 10.0. The molecule has 1 aliphatic heterocycles. The number of imide groups is 1. The first kappa shape index (κ1) is 30.3. The summed E-state index contributed by atoms with van der Waals surface area (Å²) in [4.78, 5) is 55.8. The Hall–Kier alpha value is -3.68. The Kier molecular flexibility index (Phi) is 10.2. The van der Waals surface area contributed by atoms with Gasteiger partial charge in [-0.05, 0) is 55.2 Å². The lowest BCUT2D eigenvalue weighted by molar-refractivity contribution is -0.141. The first-order valence-electron chi connectivity index (χ1n) is 13.7. The van der Waals surface area contributed by atoms with Crippen LogP contribution in [0.2, 0.25) is 10.0 Å². The molecule has 0 aromatic heterocycles. The molecule has 4 rings (SSSR count). The standard InChI is InChI=1S/C32H33Cl2N3O4/c1-3-21(2)35-30(39)28(18-22-10-5-4-6-11-22)37(20-23-15-16-24(33)19-27(23)34)29(38)14-9-17-36-31(40)25-12-7-8-13-26(25)32(36)41/h4-8,10-13,15-16,19,21,28H,3,9,14,17-18,20H2,1-2H3,(H,35,39)/t21-,28-/m0/s1. The summed E-state index contributed by atoms with van der Waals surface area (Å²) in [6.07, 6.45) is 1.32. The van der Waals surface area contributed by atoms with E-state index >= 15 is 0 Å². The Morgan fingerprint density at radius 3 is 2.17 bits per heavy atom. The fourth-order valence-corrected chi connectivity index (χ4v) is 5.27. The number of carbonyl (C=O) groups excluding carboxylic acids is 4. The zero-order valence-corrected chi connectivity index (χ0v) is 24.6. The molecule has 1 aliphatic rings. The van der Waals surface area contributed by atoms with E-state index in [-0.39, 0.29) is 55.6 Å². The van der Waals surface area contributed by atoms with Crippen molar-refractivity contribution in [2.45, 2.75) is 58.2 Å². The maximum absolute atomic E-state index is 13.9. The molecule has 0 aliphatic carbocycles. The average Bonchev–Trinajstić information content (AvgIpc) is 3.21. The summed E-state index contributed by atoms with van der Waals surface area (Å²) >= 11 is 12.6. The molecule has 0 unspecified atom stereocenters. The first-order chi connectivity index (χ1) is 19.7. The third-order valence-corrected chi connectivity index (χ3v) is 7.87. The third kappa shape index (κ3) is 7.34. The number of amides is 4. The minimum absolute atomic E-state index is 0.0283. The van der Waals surface area contributed by atoms with Crippen LogP contribution in [0.3, 0.4) is 0 Å². The minimum atomic E-state index is -0.815. The molecule has 1 heterocycles. The lowest BCUT2D eigenvalue weighted by Crippen LogP contribution is -2.52. The van der Waals surface area contributed by atoms with E-state index < -0.39 is 6.04 Å². The van der Waals surface area contributed by atoms with Gasteiger partial charge in [-0.25, -0.2) is 0 Å². The molecule has 1 N–H and O–H groups in total. The maximum atomic E-state index is 13.9. The molecule has 41 heavy (non-hydrogen) atoms. The van der Waals surface area contributed by atoms with Crippen LogP contribution >= 0.6 is 23.2 Å². The highest BCUT2D eigenvalue weighted by molar-refractivity contribution is 6.35. The highest BCUT2D eigenvalue weighted by atomic mass is 35.5. The molecule has 0 fully saturated rings. The predicted molar refractivity (Wildman–Crippen MR) is 160 cm³/mol. The molecule has 214 valence electrons. The average molecular weight is 595 g/mol. The van der Waals surface area contributed by atoms with E-state index in [1.165, 1.54) is 4.90 Å². The fraction of sp³-hybridized carbons (Fsp3) is 0.312. The van der Waals surface area contributed by atoms with Crippen LogP contribution in [0.5, 0.6) is 0 Å². The Morgan fingerprint density at radius 1 is 0.927 bits per heavy atom. The zero-order chi connectivity index (χ0) is 29.5. The number of hydrogen-bond acceptors (Lipinski definition) is 4. The first-order valence-corrected chi connectivity index (χ1v) is 14.5. The van der Waals surface area contributed by atoms with Crippen molar-refractivity contribution in [2.75, 3.05) is 6.54 Å². The summed E-state index contributed by atoms with van der Waals surface area (Å²) in [5.41, 5.74) is 2.29. The van der Waals surface area contributed by atoms with Crippen molar-refractivity contribution in [3.8, 4) is 0 Å². The van der Waals surface area contributed by atoms with Gasteiger partial charge < -0.3 is 10.2 Å². The van der Waals surface area contributed by atoms with Crippen molar-refractivity contribution in [1.82, 2.24) is 15.1 Å². The quantitative estimate of drug-likeness (QED) is 0.264. The Labute approximate surface area is 250 Å². The van der Waals surface area contributed by atoms with Crippen molar-refractivity contribution in [1.29, 1.82) is 0 Å². The molecule has 9 heteroatoms. The highest BCUT2D eigenvalue weighted by Gasteiger charge is 2.35. The summed E-state index contributed by atoms with van der Waals surface area (Å²) < 4.78 is 0. The van der Waals surface area contributed by atoms with Gasteiger partial charge in [0.1, 0.15) is 6.04 Å². The van der Waals surface area contributed by atoms with Gasteiger partial charge in [-0.15, -0.1) is 0 Å². The molecule has 0 spiro atoms. The van der Waals surface area contributed by atoms with Crippen molar-refractivity contribution >= 4 is 46.8 Å². The molecule has 0 radical (unpaired) electrons. The second-order valence-corrected chi connectivity index (χ2v) is 11.0. The monoisotopic (exact) mass is 593 g/mol. The summed E-state index contributed by atoms with van der Waals surface area (Å²) in [7, 11) is 0. The van der Waals surface area contributed by atoms with E-state index in [9.17, 15) is 19.2 Å². The van der Waals surface area contributed by atoms with Crippen LogP contribution < -0.4 is 5.32 Å². The fourth-order valence-electron chi connectivity index (χ4n) is 4.80. The predicted octanol–water partition coefficient (Wildman–Crippen LogP) is 5.92. The number of hydrogen-bond donors (Lipinski definition) is 1. The number of carbonyl (C=O) groups is 4. The number of halogens is 2. The highest BCUT2D eigenvalue weighted by Crippen LogP contribution is 2.26. The van der Waals surface area contributed by atoms with Gasteiger partial charge >= 0.3 is 0 Å². The Morgan fingerprint density at radius 2 is 1.56 bits per heavy atom. The molecular formula is C32H33Cl2N3O4. The summed E-state index contributed by atoms with van der Waals surface area (Å²) in [6, 6.07) is 20.4. The molecule has 0 saturated heterocycles. The largest absolute Gasteiger partial charge is 0.352 e. The number of fused-ring (bicyclic) bond motifs is 1. The van der Waals surface area contributed by atoms with Crippen molar-refractivity contribution in [2.24, 2.45) is 0 Å². The van der Waals surface area contributed by atoms with Crippen molar-refractivity contribution in [3.05, 3.63) is 105 Å². The van der Waals surface area contributed by atoms with Gasteiger partial charge in [-0.2, -0.15) is 0 Å². The van der Waals surface area contributed by atoms with E-state index in [0.29, 0.717) is 33.2 Å². The van der Waals surface area contributed by atoms with Crippen LogP contribution in [0.25, 0.3) is 0 Å². The molecule has 7 nitrogen and oxygen atoms in total. The molecule has 4 amide bonds. The van der Waals surface area contributed by atoms with E-state index in [1.807, 2.05) is 44.2 Å². The van der Waals surface area contributed by atoms with Crippen molar-refractivity contribution in [3.63, 3.8) is 0 Å². The Balaban J connectivity index is 1.57. The summed E-state index contributed by atoms with van der Waals surface area (Å²) in [5.74, 6) is -1.27. The number of nitrogens with zero attached hydrogens (tertiary/aromatic N) is 2. The van der Waals surface area contributed by atoms with Crippen LogP contribution in [0.4, 0.5) is 0 Å². The van der Waals surface area contributed by atoms with E-state index in [2.05, 4.69) is 5.32 Å². The van der Waals surface area contributed by atoms with Gasteiger partial charge in [-0.1, -0.05) is 78.7 Å². The van der Waals surface area contributed by atoms with Gasteiger partial charge in [0.05, 0.1) is 11.1 Å². The molecule has 3 aromatic rings. The molecule has 2 atom stereocenters. The van der Waals surface area contributed by atoms with Crippen LogP contribution in [-0.4, -0.2) is 52.1 Å². The van der Waals surface area contributed by atoms with Gasteiger partial charge in [-0.3, -0.25) is 24.1 Å². The SMILES string of the molecule is CC[C@H](C)NC(=O)[C@H](Cc1ccccc1)N(Cc1ccc(Cl)cc1Cl)C(=O)CCCN1C(=O)c2ccccc2C1=O. The Bertz CT molecular complexity index is 1390. The second-order valence-electron chi connectivity index (χ2n) is 10.2. The van der Waals surface area contributed by atoms with Gasteiger partial charge in [0.25, 0.3) is 11.8 Å². The smallest absolute Gasteiger partial charge is 0.261 e. The second kappa shape index (κ2) is 13.8. The maximum Gasteiger partial charge on any atom is 0.261 e. The van der Waals surface area contributed by atoms with Gasteiger partial charge in [0.2, 0.25) is 11.8 Å². The van der Waals surface area contributed by atoms with E-state index in [0.717, 1.165) is 12.0 Å². The minimum Gasteiger partial charge on any atom is -0.352 e. The number of nitrogens with one attached hydrogen (secondary N) is 1. The van der Waals surface area contributed by atoms with Crippen LogP contribution in [0, 0.1) is 0 Å². The van der Waals surface area contributed by atoms with E-state index in [4.69, 9.17) is 23.2 Å². The van der Waals surface area contributed by atoms with Crippen molar-refractivity contribution < 1.29 is 19.2 Å². The molecule has 3 aromatic carbocycles. The number of rotatable bonds is 12. The molecular weight excluding hydrogens is 561 g/mol. The topological polar surface area (TPSA) is 86.8 Å². The normalized spacial score (nSPS) is 14.0. The zero-order valence-electron chi connectivity index (χ0n) is 23.1.